The first-order valence-electron chi connectivity index (χ1n) is 5.39. The van der Waals surface area contributed by atoms with Gasteiger partial charge < -0.3 is 0 Å². The minimum Gasteiger partial charge on any atom is -0.299 e. The van der Waals surface area contributed by atoms with Gasteiger partial charge in [-0.25, -0.2) is 0 Å². The average Bonchev–Trinajstić information content (AvgIpc) is 2.26. The fourth-order valence-electron chi connectivity index (χ4n) is 2.21. The van der Waals surface area contributed by atoms with E-state index in [1.807, 2.05) is 6.08 Å². The van der Waals surface area contributed by atoms with Crippen LogP contribution in [0.4, 0.5) is 0 Å². The van der Waals surface area contributed by atoms with E-state index in [4.69, 9.17) is 0 Å². The number of carbonyl (C=O) groups is 1. The van der Waals surface area contributed by atoms with Crippen molar-refractivity contribution in [3.05, 3.63) is 12.7 Å². The fourth-order valence-corrected chi connectivity index (χ4v) is 2.21. The van der Waals surface area contributed by atoms with Gasteiger partial charge in [0.2, 0.25) is 0 Å². The summed E-state index contributed by atoms with van der Waals surface area (Å²) in [6.45, 7) is 5.93. The molecule has 0 spiro atoms. The number of carbonyl (C=O) groups excluding carboxylic acids is 1. The van der Waals surface area contributed by atoms with Crippen molar-refractivity contribution in [2.24, 2.45) is 11.8 Å². The molecule has 1 aliphatic carbocycles. The van der Waals surface area contributed by atoms with Gasteiger partial charge >= 0.3 is 0 Å². The van der Waals surface area contributed by atoms with Gasteiger partial charge in [0.1, 0.15) is 5.78 Å². The van der Waals surface area contributed by atoms with Crippen LogP contribution in [-0.2, 0) is 4.79 Å². The van der Waals surface area contributed by atoms with E-state index in [0.717, 1.165) is 25.7 Å². The minimum absolute atomic E-state index is 0.320. The molecule has 0 aromatic heterocycles. The molecular formula is C12H20O. The first kappa shape index (κ1) is 10.5. The highest BCUT2D eigenvalue weighted by Gasteiger charge is 2.25. The number of hydrogen-bond donors (Lipinski definition) is 0. The lowest BCUT2D eigenvalue weighted by molar-refractivity contribution is -0.124. The summed E-state index contributed by atoms with van der Waals surface area (Å²) >= 11 is 0. The molecule has 0 amide bonds. The van der Waals surface area contributed by atoms with Gasteiger partial charge in [0, 0.05) is 12.3 Å². The van der Waals surface area contributed by atoms with Gasteiger partial charge in [-0.1, -0.05) is 25.8 Å². The molecule has 0 saturated heterocycles. The Morgan fingerprint density at radius 3 is 3.00 bits per heavy atom. The van der Waals surface area contributed by atoms with E-state index < -0.39 is 0 Å². The minimum atomic E-state index is 0.320. The van der Waals surface area contributed by atoms with Crippen LogP contribution in [0.25, 0.3) is 0 Å². The summed E-state index contributed by atoms with van der Waals surface area (Å²) in [5.74, 6) is 1.40. The third-order valence-electron chi connectivity index (χ3n) is 3.11. The molecular weight excluding hydrogens is 160 g/mol. The first-order valence-corrected chi connectivity index (χ1v) is 5.39. The summed E-state index contributed by atoms with van der Waals surface area (Å²) in [5.41, 5.74) is 0. The van der Waals surface area contributed by atoms with Crippen molar-refractivity contribution in [3.8, 4) is 0 Å². The first-order chi connectivity index (χ1) is 6.25. The molecule has 13 heavy (non-hydrogen) atoms. The summed E-state index contributed by atoms with van der Waals surface area (Å²) in [6, 6.07) is 0. The highest BCUT2D eigenvalue weighted by molar-refractivity contribution is 5.81. The van der Waals surface area contributed by atoms with Crippen molar-refractivity contribution in [1.82, 2.24) is 0 Å². The quantitative estimate of drug-likeness (QED) is 0.481. The zero-order valence-electron chi connectivity index (χ0n) is 8.59. The fraction of sp³-hybridized carbons (Fsp3) is 0.750. The molecule has 1 heteroatoms. The second kappa shape index (κ2) is 5.21. The molecule has 0 bridgehead atoms. The molecule has 74 valence electrons. The summed E-state index contributed by atoms with van der Waals surface area (Å²) in [5, 5.41) is 0. The molecule has 0 heterocycles. The second-order valence-electron chi connectivity index (χ2n) is 4.16. The zero-order chi connectivity index (χ0) is 9.68. The van der Waals surface area contributed by atoms with Crippen LogP contribution in [0.3, 0.4) is 0 Å². The Balaban J connectivity index is 2.52. The van der Waals surface area contributed by atoms with Crippen molar-refractivity contribution in [2.75, 3.05) is 0 Å². The van der Waals surface area contributed by atoms with Crippen LogP contribution in [0.5, 0.6) is 0 Å². The number of hydrogen-bond acceptors (Lipinski definition) is 1. The standard InChI is InChI=1S/C12H20O/c1-3-4-8-11-10(2)7-5-6-9-12(11)13/h3,10-11H,1,4-9H2,2H3/t10-,11-/m0/s1. The van der Waals surface area contributed by atoms with Crippen molar-refractivity contribution in [1.29, 1.82) is 0 Å². The Labute approximate surface area is 81.2 Å². The molecule has 1 fully saturated rings. The maximum Gasteiger partial charge on any atom is 0.136 e. The van der Waals surface area contributed by atoms with Gasteiger partial charge in [-0.15, -0.1) is 6.58 Å². The SMILES string of the molecule is C=CCC[C@@H]1C(=O)CCCC[C@@H]1C. The van der Waals surface area contributed by atoms with Gasteiger partial charge in [-0.05, 0) is 25.2 Å². The van der Waals surface area contributed by atoms with Crippen LogP contribution in [0, 0.1) is 11.8 Å². The summed E-state index contributed by atoms with van der Waals surface area (Å²) in [4.78, 5) is 11.7. The molecule has 0 aromatic carbocycles. The Kier molecular flexibility index (Phi) is 4.20. The van der Waals surface area contributed by atoms with E-state index in [0.29, 0.717) is 17.6 Å². The Morgan fingerprint density at radius 2 is 2.31 bits per heavy atom. The predicted octanol–water partition coefficient (Wildman–Crippen LogP) is 3.35. The monoisotopic (exact) mass is 180 g/mol. The molecule has 1 aliphatic rings. The maximum absolute atomic E-state index is 11.7. The smallest absolute Gasteiger partial charge is 0.136 e. The molecule has 1 nitrogen and oxygen atoms in total. The molecule has 0 radical (unpaired) electrons. The van der Waals surface area contributed by atoms with Crippen molar-refractivity contribution in [2.45, 2.75) is 45.4 Å². The molecule has 0 aromatic rings. The molecule has 1 saturated carbocycles. The van der Waals surface area contributed by atoms with Crippen LogP contribution in [0.15, 0.2) is 12.7 Å². The van der Waals surface area contributed by atoms with Gasteiger partial charge in [0.25, 0.3) is 0 Å². The molecule has 0 N–H and O–H groups in total. The van der Waals surface area contributed by atoms with E-state index >= 15 is 0 Å². The lowest BCUT2D eigenvalue weighted by atomic mass is 9.85. The van der Waals surface area contributed by atoms with Crippen molar-refractivity contribution >= 4 is 5.78 Å². The molecule has 2 atom stereocenters. The number of Topliss-reactive ketones (excluding diaryl/α,β-unsaturated/α-hetero) is 1. The summed E-state index contributed by atoms with van der Waals surface area (Å²) < 4.78 is 0. The van der Waals surface area contributed by atoms with Crippen molar-refractivity contribution < 1.29 is 4.79 Å². The van der Waals surface area contributed by atoms with Gasteiger partial charge in [-0.3, -0.25) is 4.79 Å². The lowest BCUT2D eigenvalue weighted by Gasteiger charge is -2.18. The second-order valence-corrected chi connectivity index (χ2v) is 4.16. The predicted molar refractivity (Wildman–Crippen MR) is 55.6 cm³/mol. The van der Waals surface area contributed by atoms with Gasteiger partial charge in [-0.2, -0.15) is 0 Å². The van der Waals surface area contributed by atoms with Gasteiger partial charge in [0.15, 0.2) is 0 Å². The highest BCUT2D eigenvalue weighted by Crippen LogP contribution is 2.29. The normalized spacial score (nSPS) is 29.8. The topological polar surface area (TPSA) is 17.1 Å². The number of allylic oxidation sites excluding steroid dienone is 1. The summed E-state index contributed by atoms with van der Waals surface area (Å²) in [7, 11) is 0. The number of rotatable bonds is 3. The molecule has 0 unspecified atom stereocenters. The third-order valence-corrected chi connectivity index (χ3v) is 3.11. The molecule has 1 rings (SSSR count). The van der Waals surface area contributed by atoms with E-state index in [-0.39, 0.29) is 0 Å². The van der Waals surface area contributed by atoms with Crippen molar-refractivity contribution in [3.63, 3.8) is 0 Å². The summed E-state index contributed by atoms with van der Waals surface area (Å²) in [6.07, 6.45) is 8.31. The van der Waals surface area contributed by atoms with Crippen LogP contribution in [0.1, 0.15) is 45.4 Å². The lowest BCUT2D eigenvalue weighted by Crippen LogP contribution is -2.19. The highest BCUT2D eigenvalue weighted by atomic mass is 16.1. The van der Waals surface area contributed by atoms with E-state index in [1.54, 1.807) is 0 Å². The van der Waals surface area contributed by atoms with E-state index in [1.165, 1.54) is 12.8 Å². The largest absolute Gasteiger partial charge is 0.299 e. The maximum atomic E-state index is 11.7. The average molecular weight is 180 g/mol. The van der Waals surface area contributed by atoms with Crippen LogP contribution in [-0.4, -0.2) is 5.78 Å². The van der Waals surface area contributed by atoms with E-state index in [2.05, 4.69) is 13.5 Å². The van der Waals surface area contributed by atoms with Crippen LogP contribution in [0.2, 0.25) is 0 Å². The van der Waals surface area contributed by atoms with Crippen LogP contribution < -0.4 is 0 Å². The van der Waals surface area contributed by atoms with Gasteiger partial charge in [0.05, 0.1) is 0 Å². The van der Waals surface area contributed by atoms with E-state index in [9.17, 15) is 4.79 Å². The Hall–Kier alpha value is -0.590. The van der Waals surface area contributed by atoms with Crippen LogP contribution >= 0.6 is 0 Å². The Bertz CT molecular complexity index is 184. The molecule has 0 aliphatic heterocycles. The zero-order valence-corrected chi connectivity index (χ0v) is 8.59. The third kappa shape index (κ3) is 2.98. The Morgan fingerprint density at radius 1 is 1.54 bits per heavy atom. The number of ketones is 1.